The molecule has 6 heteroatoms. The van der Waals surface area contributed by atoms with Gasteiger partial charge in [-0.1, -0.05) is 25.4 Å². The molecule has 1 aromatic rings. The van der Waals surface area contributed by atoms with E-state index in [9.17, 15) is 10.1 Å². The van der Waals surface area contributed by atoms with Gasteiger partial charge in [0.2, 0.25) is 0 Å². The molecule has 0 heterocycles. The van der Waals surface area contributed by atoms with E-state index in [1.165, 1.54) is 12.1 Å². The third-order valence-electron chi connectivity index (χ3n) is 2.55. The molecule has 1 aromatic carbocycles. The minimum absolute atomic E-state index is 0.0167. The smallest absolute Gasteiger partial charge is 0.292 e. The lowest BCUT2D eigenvalue weighted by molar-refractivity contribution is -0.384. The quantitative estimate of drug-likeness (QED) is 0.590. The maximum Gasteiger partial charge on any atom is 0.292 e. The molecule has 0 aliphatic carbocycles. The third-order valence-corrected chi connectivity index (χ3v) is 2.79. The third kappa shape index (κ3) is 4.42. The van der Waals surface area contributed by atoms with Crippen molar-refractivity contribution in [2.45, 2.75) is 20.3 Å². The molecule has 19 heavy (non-hydrogen) atoms. The number of halogens is 1. The van der Waals surface area contributed by atoms with E-state index in [1.807, 2.05) is 18.7 Å². The van der Waals surface area contributed by atoms with Crippen molar-refractivity contribution in [2.75, 3.05) is 18.0 Å². The molecule has 0 atom stereocenters. The molecule has 0 aliphatic rings. The van der Waals surface area contributed by atoms with Gasteiger partial charge >= 0.3 is 0 Å². The highest BCUT2D eigenvalue weighted by Gasteiger charge is 2.20. The lowest BCUT2D eigenvalue weighted by atomic mass is 10.1. The monoisotopic (exact) mass is 281 g/mol. The number of benzene rings is 1. The van der Waals surface area contributed by atoms with Crippen molar-refractivity contribution in [1.82, 2.24) is 0 Å². The molecule has 0 aliphatic heterocycles. The Hall–Kier alpha value is -1.80. The molecule has 0 saturated carbocycles. The van der Waals surface area contributed by atoms with Crippen LogP contribution in [0.4, 0.5) is 11.4 Å². The fraction of sp³-hybridized carbons (Fsp3) is 0.462. The first kappa shape index (κ1) is 15.3. The summed E-state index contributed by atoms with van der Waals surface area (Å²) in [5.41, 5.74) is 0.490. The summed E-state index contributed by atoms with van der Waals surface area (Å²) in [6.07, 6.45) is 0.316. The predicted octanol–water partition coefficient (Wildman–Crippen LogP) is 3.62. The van der Waals surface area contributed by atoms with Crippen molar-refractivity contribution in [3.8, 4) is 6.07 Å². The van der Waals surface area contributed by atoms with Gasteiger partial charge in [-0.15, -0.1) is 0 Å². The van der Waals surface area contributed by atoms with Gasteiger partial charge in [0.15, 0.2) is 0 Å². The number of anilines is 1. The Labute approximate surface area is 117 Å². The van der Waals surface area contributed by atoms with E-state index in [0.29, 0.717) is 36.1 Å². The van der Waals surface area contributed by atoms with Crippen molar-refractivity contribution in [2.24, 2.45) is 5.92 Å². The Morgan fingerprint density at radius 1 is 1.53 bits per heavy atom. The minimum Gasteiger partial charge on any atom is -0.365 e. The molecular formula is C13H16ClN3O2. The highest BCUT2D eigenvalue weighted by atomic mass is 35.5. The molecule has 0 saturated heterocycles. The molecule has 0 bridgehead atoms. The fourth-order valence-corrected chi connectivity index (χ4v) is 2.01. The second kappa shape index (κ2) is 6.95. The Kier molecular flexibility index (Phi) is 5.58. The van der Waals surface area contributed by atoms with Gasteiger partial charge in [0.05, 0.1) is 17.4 Å². The number of hydrogen-bond acceptors (Lipinski definition) is 4. The Bertz CT molecular complexity index is 497. The van der Waals surface area contributed by atoms with Crippen LogP contribution >= 0.6 is 11.6 Å². The summed E-state index contributed by atoms with van der Waals surface area (Å²) in [5, 5.41) is 20.2. The highest BCUT2D eigenvalue weighted by molar-refractivity contribution is 6.31. The van der Waals surface area contributed by atoms with Gasteiger partial charge in [0.1, 0.15) is 5.69 Å². The van der Waals surface area contributed by atoms with Gasteiger partial charge in [0, 0.05) is 24.2 Å². The lowest BCUT2D eigenvalue weighted by Crippen LogP contribution is -2.29. The standard InChI is InChI=1S/C13H16ClN3O2/c1-10(2)9-16(7-3-6-15)13-8-11(14)4-5-12(13)17(18)19/h4-5,8,10H,3,7,9H2,1-2H3. The van der Waals surface area contributed by atoms with Crippen LogP contribution in [0.2, 0.25) is 5.02 Å². The maximum atomic E-state index is 11.1. The molecule has 5 nitrogen and oxygen atoms in total. The topological polar surface area (TPSA) is 70.2 Å². The summed E-state index contributed by atoms with van der Waals surface area (Å²) in [7, 11) is 0. The zero-order chi connectivity index (χ0) is 14.4. The minimum atomic E-state index is -0.425. The van der Waals surface area contributed by atoms with E-state index in [2.05, 4.69) is 6.07 Å². The second-order valence-corrected chi connectivity index (χ2v) is 5.07. The molecule has 0 amide bonds. The zero-order valence-electron chi connectivity index (χ0n) is 11.0. The van der Waals surface area contributed by atoms with Crippen molar-refractivity contribution in [3.05, 3.63) is 33.3 Å². The number of rotatable bonds is 6. The number of nitrogens with zero attached hydrogens (tertiary/aromatic N) is 3. The number of nitriles is 1. The first-order valence-corrected chi connectivity index (χ1v) is 6.39. The molecular weight excluding hydrogens is 266 g/mol. The summed E-state index contributed by atoms with van der Waals surface area (Å²) in [6, 6.07) is 6.54. The Morgan fingerprint density at radius 3 is 2.74 bits per heavy atom. The van der Waals surface area contributed by atoms with Crippen molar-refractivity contribution in [3.63, 3.8) is 0 Å². The maximum absolute atomic E-state index is 11.1. The van der Waals surface area contributed by atoms with E-state index in [1.54, 1.807) is 6.07 Å². The largest absolute Gasteiger partial charge is 0.365 e. The molecule has 0 aromatic heterocycles. The van der Waals surface area contributed by atoms with Crippen LogP contribution in [-0.4, -0.2) is 18.0 Å². The van der Waals surface area contributed by atoms with Crippen LogP contribution in [0, 0.1) is 27.4 Å². The molecule has 1 rings (SSSR count). The molecule has 0 fully saturated rings. The van der Waals surface area contributed by atoms with Crippen LogP contribution in [0.15, 0.2) is 18.2 Å². The first-order chi connectivity index (χ1) is 8.95. The predicted molar refractivity (Wildman–Crippen MR) is 75.4 cm³/mol. The average Bonchev–Trinajstić information content (AvgIpc) is 2.33. The van der Waals surface area contributed by atoms with Crippen LogP contribution in [-0.2, 0) is 0 Å². The molecule has 102 valence electrons. The van der Waals surface area contributed by atoms with Crippen LogP contribution in [0.5, 0.6) is 0 Å². The van der Waals surface area contributed by atoms with Gasteiger partial charge < -0.3 is 4.90 Å². The Morgan fingerprint density at radius 2 is 2.21 bits per heavy atom. The van der Waals surface area contributed by atoms with Crippen molar-refractivity contribution < 1.29 is 4.92 Å². The first-order valence-electron chi connectivity index (χ1n) is 6.01. The Balaban J connectivity index is 3.15. The highest BCUT2D eigenvalue weighted by Crippen LogP contribution is 2.31. The van der Waals surface area contributed by atoms with Crippen molar-refractivity contribution >= 4 is 23.0 Å². The molecule has 0 radical (unpaired) electrons. The lowest BCUT2D eigenvalue weighted by Gasteiger charge is -2.25. The number of nitro benzene ring substituents is 1. The normalized spacial score (nSPS) is 10.3. The number of hydrogen-bond donors (Lipinski definition) is 0. The average molecular weight is 282 g/mol. The van der Waals surface area contributed by atoms with E-state index >= 15 is 0 Å². The van der Waals surface area contributed by atoms with Crippen molar-refractivity contribution in [1.29, 1.82) is 5.26 Å². The van der Waals surface area contributed by atoms with Crippen LogP contribution < -0.4 is 4.90 Å². The molecule has 0 N–H and O–H groups in total. The summed E-state index contributed by atoms with van der Waals surface area (Å²) >= 11 is 5.92. The van der Waals surface area contributed by atoms with Gasteiger partial charge in [-0.05, 0) is 18.1 Å². The van der Waals surface area contributed by atoms with E-state index < -0.39 is 4.92 Å². The fourth-order valence-electron chi connectivity index (χ4n) is 1.84. The van der Waals surface area contributed by atoms with Gasteiger partial charge in [0.25, 0.3) is 5.69 Å². The van der Waals surface area contributed by atoms with Gasteiger partial charge in [-0.3, -0.25) is 10.1 Å². The van der Waals surface area contributed by atoms with E-state index in [-0.39, 0.29) is 5.69 Å². The summed E-state index contributed by atoms with van der Waals surface area (Å²) in [4.78, 5) is 12.5. The SMILES string of the molecule is CC(C)CN(CCC#N)c1cc(Cl)ccc1[N+](=O)[O-]. The molecule has 0 unspecified atom stereocenters. The second-order valence-electron chi connectivity index (χ2n) is 4.64. The number of nitro groups is 1. The van der Waals surface area contributed by atoms with Gasteiger partial charge in [-0.25, -0.2) is 0 Å². The molecule has 0 spiro atoms. The summed E-state index contributed by atoms with van der Waals surface area (Å²) in [5.74, 6) is 0.331. The summed E-state index contributed by atoms with van der Waals surface area (Å²) < 4.78 is 0. The zero-order valence-corrected chi connectivity index (χ0v) is 11.7. The van der Waals surface area contributed by atoms with Crippen LogP contribution in [0.1, 0.15) is 20.3 Å². The van der Waals surface area contributed by atoms with Gasteiger partial charge in [-0.2, -0.15) is 5.26 Å². The van der Waals surface area contributed by atoms with Crippen LogP contribution in [0.25, 0.3) is 0 Å². The van der Waals surface area contributed by atoms with Crippen LogP contribution in [0.3, 0.4) is 0 Å². The van der Waals surface area contributed by atoms with E-state index in [0.717, 1.165) is 0 Å². The summed E-state index contributed by atoms with van der Waals surface area (Å²) in [6.45, 7) is 5.14. The van der Waals surface area contributed by atoms with E-state index in [4.69, 9.17) is 16.9 Å².